The third-order valence-electron chi connectivity index (χ3n) is 5.51. The van der Waals surface area contributed by atoms with Crippen LogP contribution in [0.25, 0.3) is 11.3 Å². The number of amides is 2. The summed E-state index contributed by atoms with van der Waals surface area (Å²) >= 11 is 0. The van der Waals surface area contributed by atoms with E-state index < -0.39 is 0 Å². The molecule has 0 spiro atoms. The minimum absolute atomic E-state index is 0.00196. The van der Waals surface area contributed by atoms with Crippen LogP contribution < -0.4 is 0 Å². The Hall–Kier alpha value is -2.89. The number of aryl methyl sites for hydroxylation is 1. The van der Waals surface area contributed by atoms with Crippen LogP contribution >= 0.6 is 0 Å². The highest BCUT2D eigenvalue weighted by Crippen LogP contribution is 2.31. The van der Waals surface area contributed by atoms with Crippen molar-refractivity contribution in [2.75, 3.05) is 26.2 Å². The van der Waals surface area contributed by atoms with E-state index in [0.717, 1.165) is 37.1 Å². The van der Waals surface area contributed by atoms with Gasteiger partial charge in [0.25, 0.3) is 5.91 Å². The van der Waals surface area contributed by atoms with Crippen LogP contribution in [0.2, 0.25) is 0 Å². The molecule has 1 saturated carbocycles. The lowest BCUT2D eigenvalue weighted by molar-refractivity contribution is -0.132. The highest BCUT2D eigenvalue weighted by molar-refractivity contribution is 5.94. The minimum Gasteiger partial charge on any atom is -0.506 e. The van der Waals surface area contributed by atoms with Crippen LogP contribution in [0.15, 0.2) is 36.4 Å². The third-order valence-corrected chi connectivity index (χ3v) is 5.51. The molecule has 0 bridgehead atoms. The lowest BCUT2D eigenvalue weighted by Crippen LogP contribution is -2.37. The second-order valence-corrected chi connectivity index (χ2v) is 7.62. The molecular weight excluding hydrogens is 354 g/mol. The Morgan fingerprint density at radius 1 is 0.964 bits per heavy atom. The Morgan fingerprint density at radius 3 is 2.32 bits per heavy atom. The van der Waals surface area contributed by atoms with Gasteiger partial charge in [0.1, 0.15) is 5.75 Å². The van der Waals surface area contributed by atoms with Crippen LogP contribution in [0.4, 0.5) is 0 Å². The molecule has 2 amide bonds. The van der Waals surface area contributed by atoms with Crippen molar-refractivity contribution in [2.24, 2.45) is 5.92 Å². The highest BCUT2D eigenvalue weighted by Gasteiger charge is 2.34. The topological polar surface area (TPSA) is 73.7 Å². The molecule has 2 fully saturated rings. The molecule has 1 aliphatic carbocycles. The number of benzene rings is 1. The predicted octanol–water partition coefficient (Wildman–Crippen LogP) is 2.85. The lowest BCUT2D eigenvalue weighted by Gasteiger charge is -2.22. The van der Waals surface area contributed by atoms with E-state index in [9.17, 15) is 14.7 Å². The van der Waals surface area contributed by atoms with Gasteiger partial charge in [0.05, 0.1) is 11.4 Å². The molecule has 1 aromatic heterocycles. The first-order valence-electron chi connectivity index (χ1n) is 9.88. The number of pyridine rings is 1. The van der Waals surface area contributed by atoms with Crippen molar-refractivity contribution >= 4 is 11.8 Å². The van der Waals surface area contributed by atoms with Crippen molar-refractivity contribution in [2.45, 2.75) is 26.2 Å². The Kier molecular flexibility index (Phi) is 5.03. The maximum atomic E-state index is 12.9. The third kappa shape index (κ3) is 3.86. The van der Waals surface area contributed by atoms with E-state index in [1.165, 1.54) is 0 Å². The zero-order valence-corrected chi connectivity index (χ0v) is 16.1. The van der Waals surface area contributed by atoms with Crippen LogP contribution in [-0.2, 0) is 4.79 Å². The highest BCUT2D eigenvalue weighted by atomic mass is 16.3. The average Bonchev–Trinajstić information content (AvgIpc) is 3.56. The number of rotatable bonds is 3. The molecule has 1 saturated heterocycles. The van der Waals surface area contributed by atoms with Gasteiger partial charge in [0, 0.05) is 43.2 Å². The van der Waals surface area contributed by atoms with Crippen molar-refractivity contribution in [3.8, 4) is 17.0 Å². The number of carbonyl (C=O) groups excluding carboxylic acids is 2. The van der Waals surface area contributed by atoms with E-state index in [-0.39, 0.29) is 23.5 Å². The zero-order valence-electron chi connectivity index (χ0n) is 16.1. The van der Waals surface area contributed by atoms with Crippen LogP contribution in [0.1, 0.15) is 35.3 Å². The summed E-state index contributed by atoms with van der Waals surface area (Å²) in [6.07, 6.45) is 2.85. The molecule has 1 aromatic carbocycles. The standard InChI is InChI=1S/C22H25N3O3/c1-15-20(26)10-9-19(23-15)16-3-5-17(6-4-16)21(27)24-11-2-12-25(14-13-24)22(28)18-7-8-18/h3-6,9-10,18,26H,2,7-8,11-14H2,1H3. The molecule has 2 heterocycles. The zero-order chi connectivity index (χ0) is 19.7. The maximum Gasteiger partial charge on any atom is 0.253 e. The van der Waals surface area contributed by atoms with Crippen molar-refractivity contribution in [1.82, 2.24) is 14.8 Å². The van der Waals surface area contributed by atoms with Crippen LogP contribution in [0, 0.1) is 12.8 Å². The van der Waals surface area contributed by atoms with Crippen LogP contribution in [0.3, 0.4) is 0 Å². The van der Waals surface area contributed by atoms with Crippen molar-refractivity contribution < 1.29 is 14.7 Å². The van der Waals surface area contributed by atoms with Gasteiger partial charge in [-0.25, -0.2) is 4.98 Å². The van der Waals surface area contributed by atoms with Gasteiger partial charge in [-0.1, -0.05) is 12.1 Å². The van der Waals surface area contributed by atoms with Gasteiger partial charge in [-0.2, -0.15) is 0 Å². The molecule has 146 valence electrons. The summed E-state index contributed by atoms with van der Waals surface area (Å²) in [6.45, 7) is 4.37. The quantitative estimate of drug-likeness (QED) is 0.890. The Balaban J connectivity index is 1.43. The van der Waals surface area contributed by atoms with E-state index >= 15 is 0 Å². The molecule has 2 aliphatic rings. The summed E-state index contributed by atoms with van der Waals surface area (Å²) in [6, 6.07) is 10.8. The lowest BCUT2D eigenvalue weighted by atomic mass is 10.1. The molecule has 0 atom stereocenters. The summed E-state index contributed by atoms with van der Waals surface area (Å²) in [7, 11) is 0. The number of hydrogen-bond donors (Lipinski definition) is 1. The van der Waals surface area contributed by atoms with Gasteiger partial charge in [-0.15, -0.1) is 0 Å². The fourth-order valence-corrected chi connectivity index (χ4v) is 3.61. The molecule has 1 N–H and O–H groups in total. The number of aromatic nitrogens is 1. The second-order valence-electron chi connectivity index (χ2n) is 7.62. The summed E-state index contributed by atoms with van der Waals surface area (Å²) < 4.78 is 0. The molecule has 2 aromatic rings. The van der Waals surface area contributed by atoms with Gasteiger partial charge in [-0.3, -0.25) is 9.59 Å². The normalized spacial score (nSPS) is 17.3. The van der Waals surface area contributed by atoms with E-state index in [1.54, 1.807) is 19.1 Å². The van der Waals surface area contributed by atoms with Gasteiger partial charge in [0.2, 0.25) is 5.91 Å². The monoisotopic (exact) mass is 379 g/mol. The maximum absolute atomic E-state index is 12.9. The Labute approximate surface area is 164 Å². The summed E-state index contributed by atoms with van der Waals surface area (Å²) in [5, 5.41) is 9.62. The summed E-state index contributed by atoms with van der Waals surface area (Å²) in [4.78, 5) is 33.3. The van der Waals surface area contributed by atoms with Gasteiger partial charge >= 0.3 is 0 Å². The molecular formula is C22H25N3O3. The minimum atomic E-state index is 0.00196. The number of carbonyl (C=O) groups is 2. The van der Waals surface area contributed by atoms with Gasteiger partial charge in [-0.05, 0) is 50.5 Å². The first-order chi connectivity index (χ1) is 13.5. The Morgan fingerprint density at radius 2 is 1.64 bits per heavy atom. The van der Waals surface area contributed by atoms with E-state index in [0.29, 0.717) is 30.9 Å². The van der Waals surface area contributed by atoms with Crippen molar-refractivity contribution in [3.05, 3.63) is 47.7 Å². The fourth-order valence-electron chi connectivity index (χ4n) is 3.61. The predicted molar refractivity (Wildman–Crippen MR) is 106 cm³/mol. The molecule has 0 radical (unpaired) electrons. The van der Waals surface area contributed by atoms with E-state index in [4.69, 9.17) is 0 Å². The van der Waals surface area contributed by atoms with Crippen molar-refractivity contribution in [3.63, 3.8) is 0 Å². The largest absolute Gasteiger partial charge is 0.506 e. The molecule has 6 heteroatoms. The van der Waals surface area contributed by atoms with Crippen molar-refractivity contribution in [1.29, 1.82) is 0 Å². The van der Waals surface area contributed by atoms with Crippen LogP contribution in [0.5, 0.6) is 5.75 Å². The van der Waals surface area contributed by atoms with Gasteiger partial charge < -0.3 is 14.9 Å². The van der Waals surface area contributed by atoms with Gasteiger partial charge in [0.15, 0.2) is 0 Å². The molecule has 28 heavy (non-hydrogen) atoms. The molecule has 1 aliphatic heterocycles. The summed E-state index contributed by atoms with van der Waals surface area (Å²) in [5.41, 5.74) is 2.88. The molecule has 4 rings (SSSR count). The van der Waals surface area contributed by atoms with E-state index in [1.807, 2.05) is 34.1 Å². The fraction of sp³-hybridized carbons (Fsp3) is 0.409. The average molecular weight is 379 g/mol. The van der Waals surface area contributed by atoms with Crippen LogP contribution in [-0.4, -0.2) is 57.9 Å². The summed E-state index contributed by atoms with van der Waals surface area (Å²) in [5.74, 6) is 0.662. The number of nitrogens with zero attached hydrogens (tertiary/aromatic N) is 3. The molecule has 0 unspecified atom stereocenters. The van der Waals surface area contributed by atoms with E-state index in [2.05, 4.69) is 4.98 Å². The first kappa shape index (κ1) is 18.5. The SMILES string of the molecule is Cc1nc(-c2ccc(C(=O)N3CCCN(C(=O)C4CC4)CC3)cc2)ccc1O. The number of hydrogen-bond acceptors (Lipinski definition) is 4. The first-order valence-corrected chi connectivity index (χ1v) is 9.88. The molecule has 6 nitrogen and oxygen atoms in total. The Bertz CT molecular complexity index is 890. The smallest absolute Gasteiger partial charge is 0.253 e. The second kappa shape index (κ2) is 7.62. The number of aromatic hydroxyl groups is 1.